The molecule has 0 spiro atoms. The number of aliphatic carboxylic acids is 1. The quantitative estimate of drug-likeness (QED) is 0.769. The molecular formula is C13H25NO4. The number of carboxylic acid groups (broad SMARTS) is 1. The van der Waals surface area contributed by atoms with Crippen LogP contribution in [0, 0.1) is 5.92 Å². The lowest BCUT2D eigenvalue weighted by Crippen LogP contribution is -2.42. The Labute approximate surface area is 109 Å². The molecule has 0 saturated carbocycles. The molecule has 2 N–H and O–H groups in total. The van der Waals surface area contributed by atoms with Gasteiger partial charge in [0.05, 0.1) is 0 Å². The van der Waals surface area contributed by atoms with E-state index in [1.165, 1.54) is 0 Å². The van der Waals surface area contributed by atoms with Crippen molar-refractivity contribution in [1.29, 1.82) is 0 Å². The summed E-state index contributed by atoms with van der Waals surface area (Å²) in [5.74, 6) is -0.633. The Morgan fingerprint density at radius 1 is 1.33 bits per heavy atom. The van der Waals surface area contributed by atoms with Gasteiger partial charge in [-0.2, -0.15) is 0 Å². The minimum atomic E-state index is -0.853. The number of amides is 1. The molecule has 2 atom stereocenters. The first-order valence-corrected chi connectivity index (χ1v) is 6.37. The van der Waals surface area contributed by atoms with Gasteiger partial charge in [-0.25, -0.2) is 4.79 Å². The molecule has 0 aromatic carbocycles. The maximum absolute atomic E-state index is 11.7. The van der Waals surface area contributed by atoms with E-state index in [4.69, 9.17) is 9.84 Å². The summed E-state index contributed by atoms with van der Waals surface area (Å²) in [6.07, 6.45) is 0.854. The molecule has 0 aromatic rings. The molecule has 0 aliphatic heterocycles. The highest BCUT2D eigenvalue weighted by Crippen LogP contribution is 2.14. The molecule has 5 nitrogen and oxygen atoms in total. The van der Waals surface area contributed by atoms with Crippen molar-refractivity contribution < 1.29 is 19.4 Å². The van der Waals surface area contributed by atoms with E-state index in [9.17, 15) is 9.59 Å². The molecule has 5 heteroatoms. The fraction of sp³-hybridized carbons (Fsp3) is 0.846. The summed E-state index contributed by atoms with van der Waals surface area (Å²) in [5.41, 5.74) is -0.545. The zero-order valence-electron chi connectivity index (χ0n) is 11.9. The molecule has 0 aliphatic rings. The molecule has 0 heterocycles. The summed E-state index contributed by atoms with van der Waals surface area (Å²) in [6, 6.07) is -0.166. The minimum Gasteiger partial charge on any atom is -0.481 e. The van der Waals surface area contributed by atoms with Crippen molar-refractivity contribution in [2.75, 3.05) is 0 Å². The Bertz CT molecular complexity index is 283. The monoisotopic (exact) mass is 259 g/mol. The van der Waals surface area contributed by atoms with Gasteiger partial charge in [0.25, 0.3) is 0 Å². The third-order valence-corrected chi connectivity index (χ3v) is 2.70. The van der Waals surface area contributed by atoms with E-state index in [0.29, 0.717) is 6.42 Å². The van der Waals surface area contributed by atoms with Gasteiger partial charge in [0.1, 0.15) is 5.60 Å². The first-order valence-electron chi connectivity index (χ1n) is 6.37. The van der Waals surface area contributed by atoms with E-state index < -0.39 is 17.7 Å². The van der Waals surface area contributed by atoms with Crippen LogP contribution in [-0.2, 0) is 9.53 Å². The van der Waals surface area contributed by atoms with Gasteiger partial charge in [-0.3, -0.25) is 4.79 Å². The van der Waals surface area contributed by atoms with E-state index in [1.807, 2.05) is 13.8 Å². The fourth-order valence-corrected chi connectivity index (χ4v) is 1.52. The molecule has 0 aromatic heterocycles. The Hall–Kier alpha value is -1.26. The molecular weight excluding hydrogens is 234 g/mol. The number of rotatable bonds is 6. The average Bonchev–Trinajstić information content (AvgIpc) is 2.20. The zero-order chi connectivity index (χ0) is 14.3. The van der Waals surface area contributed by atoms with E-state index in [2.05, 4.69) is 5.32 Å². The maximum atomic E-state index is 11.7. The standard InChI is InChI=1S/C13H25NO4/c1-6-9(2)10(7-8-11(15)16)14-12(17)18-13(3,4)5/h9-10H,6-8H2,1-5H3,(H,14,17)(H,15,16). The van der Waals surface area contributed by atoms with Crippen molar-refractivity contribution in [3.8, 4) is 0 Å². The molecule has 1 amide bonds. The summed E-state index contributed by atoms with van der Waals surface area (Å²) >= 11 is 0. The van der Waals surface area contributed by atoms with Gasteiger partial charge in [-0.05, 0) is 33.1 Å². The van der Waals surface area contributed by atoms with Crippen molar-refractivity contribution >= 4 is 12.1 Å². The summed E-state index contributed by atoms with van der Waals surface area (Å²) < 4.78 is 5.17. The van der Waals surface area contributed by atoms with Gasteiger partial charge in [-0.1, -0.05) is 20.3 Å². The van der Waals surface area contributed by atoms with E-state index >= 15 is 0 Å². The molecule has 18 heavy (non-hydrogen) atoms. The fourth-order valence-electron chi connectivity index (χ4n) is 1.52. The van der Waals surface area contributed by atoms with Crippen LogP contribution >= 0.6 is 0 Å². The third kappa shape index (κ3) is 7.92. The first kappa shape index (κ1) is 16.7. The SMILES string of the molecule is CCC(C)C(CCC(=O)O)NC(=O)OC(C)(C)C. The first-order chi connectivity index (χ1) is 8.15. The van der Waals surface area contributed by atoms with Crippen LogP contribution in [0.25, 0.3) is 0 Å². The van der Waals surface area contributed by atoms with Gasteiger partial charge < -0.3 is 15.2 Å². The van der Waals surface area contributed by atoms with Crippen molar-refractivity contribution in [1.82, 2.24) is 5.32 Å². The van der Waals surface area contributed by atoms with E-state index in [0.717, 1.165) is 6.42 Å². The highest BCUT2D eigenvalue weighted by Gasteiger charge is 2.22. The van der Waals surface area contributed by atoms with Crippen molar-refractivity contribution in [2.24, 2.45) is 5.92 Å². The van der Waals surface area contributed by atoms with Gasteiger partial charge in [0, 0.05) is 12.5 Å². The maximum Gasteiger partial charge on any atom is 0.407 e. The highest BCUT2D eigenvalue weighted by atomic mass is 16.6. The summed E-state index contributed by atoms with van der Waals surface area (Å²) in [4.78, 5) is 22.2. The zero-order valence-corrected chi connectivity index (χ0v) is 11.9. The number of carbonyl (C=O) groups is 2. The topological polar surface area (TPSA) is 75.6 Å². The van der Waals surface area contributed by atoms with Crippen LogP contribution in [0.15, 0.2) is 0 Å². The Morgan fingerprint density at radius 3 is 2.28 bits per heavy atom. The van der Waals surface area contributed by atoms with Crippen molar-refractivity contribution in [2.45, 2.75) is 65.5 Å². The predicted molar refractivity (Wildman–Crippen MR) is 69.5 cm³/mol. The number of carbonyl (C=O) groups excluding carboxylic acids is 1. The molecule has 0 bridgehead atoms. The minimum absolute atomic E-state index is 0.0464. The highest BCUT2D eigenvalue weighted by molar-refractivity contribution is 5.69. The van der Waals surface area contributed by atoms with Crippen molar-refractivity contribution in [3.05, 3.63) is 0 Å². The second-order valence-electron chi connectivity index (χ2n) is 5.57. The number of carboxylic acids is 1. The van der Waals surface area contributed by atoms with Crippen LogP contribution in [0.1, 0.15) is 53.9 Å². The second kappa shape index (κ2) is 7.24. The van der Waals surface area contributed by atoms with Crippen LogP contribution in [0.2, 0.25) is 0 Å². The molecule has 0 radical (unpaired) electrons. The van der Waals surface area contributed by atoms with Crippen LogP contribution in [-0.4, -0.2) is 28.8 Å². The molecule has 0 fully saturated rings. The van der Waals surface area contributed by atoms with Crippen LogP contribution in [0.4, 0.5) is 4.79 Å². The molecule has 0 saturated heterocycles. The van der Waals surface area contributed by atoms with E-state index in [1.54, 1.807) is 20.8 Å². The van der Waals surface area contributed by atoms with Gasteiger partial charge >= 0.3 is 12.1 Å². The smallest absolute Gasteiger partial charge is 0.407 e. The predicted octanol–water partition coefficient (Wildman–Crippen LogP) is 2.79. The van der Waals surface area contributed by atoms with Gasteiger partial charge in [-0.15, -0.1) is 0 Å². The number of hydrogen-bond donors (Lipinski definition) is 2. The molecule has 0 aliphatic carbocycles. The number of nitrogens with one attached hydrogen (secondary N) is 1. The molecule has 106 valence electrons. The molecule has 2 unspecified atom stereocenters. The van der Waals surface area contributed by atoms with Crippen LogP contribution in [0.5, 0.6) is 0 Å². The Kier molecular flexibility index (Phi) is 6.73. The lowest BCUT2D eigenvalue weighted by Gasteiger charge is -2.26. The summed E-state index contributed by atoms with van der Waals surface area (Å²) in [6.45, 7) is 9.38. The lowest BCUT2D eigenvalue weighted by molar-refractivity contribution is -0.137. The van der Waals surface area contributed by atoms with Crippen LogP contribution < -0.4 is 5.32 Å². The largest absolute Gasteiger partial charge is 0.481 e. The normalized spacial score (nSPS) is 14.7. The Morgan fingerprint density at radius 2 is 1.89 bits per heavy atom. The van der Waals surface area contributed by atoms with Gasteiger partial charge in [0.15, 0.2) is 0 Å². The summed E-state index contributed by atoms with van der Waals surface area (Å²) in [5, 5.41) is 11.4. The number of alkyl carbamates (subject to hydrolysis) is 1. The average molecular weight is 259 g/mol. The third-order valence-electron chi connectivity index (χ3n) is 2.70. The second-order valence-corrected chi connectivity index (χ2v) is 5.57. The summed E-state index contributed by atoms with van der Waals surface area (Å²) in [7, 11) is 0. The lowest BCUT2D eigenvalue weighted by atomic mass is 9.95. The van der Waals surface area contributed by atoms with E-state index in [-0.39, 0.29) is 18.4 Å². The van der Waals surface area contributed by atoms with Gasteiger partial charge in [0.2, 0.25) is 0 Å². The number of ether oxygens (including phenoxy) is 1. The number of hydrogen-bond acceptors (Lipinski definition) is 3. The van der Waals surface area contributed by atoms with Crippen molar-refractivity contribution in [3.63, 3.8) is 0 Å². The van der Waals surface area contributed by atoms with Crippen LogP contribution in [0.3, 0.4) is 0 Å². The molecule has 0 rings (SSSR count). The Balaban J connectivity index is 4.40.